The number of fused-ring (bicyclic) bond motifs is 1. The summed E-state index contributed by atoms with van der Waals surface area (Å²) >= 11 is 0. The van der Waals surface area contributed by atoms with Gasteiger partial charge in [-0.1, -0.05) is 12.1 Å². The van der Waals surface area contributed by atoms with Gasteiger partial charge in [0.25, 0.3) is 5.91 Å². The highest BCUT2D eigenvalue weighted by Gasteiger charge is 2.31. The average Bonchev–Trinajstić information content (AvgIpc) is 3.28. The van der Waals surface area contributed by atoms with Crippen LogP contribution in [0.5, 0.6) is 5.75 Å². The highest BCUT2D eigenvalue weighted by Crippen LogP contribution is 2.23. The maximum atomic E-state index is 13.4. The second kappa shape index (κ2) is 13.1. The predicted molar refractivity (Wildman–Crippen MR) is 138 cm³/mol. The van der Waals surface area contributed by atoms with E-state index in [1.165, 1.54) is 0 Å². The monoisotopic (exact) mass is 497 g/mol. The fourth-order valence-electron chi connectivity index (χ4n) is 4.38. The van der Waals surface area contributed by atoms with Crippen LogP contribution < -0.4 is 4.74 Å². The van der Waals surface area contributed by atoms with Crippen LogP contribution >= 0.6 is 0 Å². The zero-order valence-corrected chi connectivity index (χ0v) is 22.0. The molecule has 1 aromatic heterocycles. The summed E-state index contributed by atoms with van der Waals surface area (Å²) in [4.78, 5) is 44.3. The number of nitrogens with zero attached hydrogens (tertiary/aromatic N) is 5. The van der Waals surface area contributed by atoms with Crippen molar-refractivity contribution in [3.05, 3.63) is 47.8 Å². The van der Waals surface area contributed by atoms with Crippen LogP contribution in [0.25, 0.3) is 0 Å². The van der Waals surface area contributed by atoms with Gasteiger partial charge in [-0.25, -0.2) is 0 Å². The summed E-state index contributed by atoms with van der Waals surface area (Å²) in [5.74, 6) is 0.265. The Labute approximate surface area is 214 Å². The van der Waals surface area contributed by atoms with Crippen molar-refractivity contribution >= 4 is 17.7 Å². The lowest BCUT2D eigenvalue weighted by atomic mass is 10.0. The Kier molecular flexibility index (Phi) is 9.90. The first-order chi connectivity index (χ1) is 17.3. The van der Waals surface area contributed by atoms with Crippen molar-refractivity contribution in [2.24, 2.45) is 0 Å². The molecule has 0 aliphatic carbocycles. The van der Waals surface area contributed by atoms with Gasteiger partial charge < -0.3 is 19.4 Å². The molecular weight excluding hydrogens is 458 g/mol. The standard InChI is InChI=1S/C27H39N5O4/c1-21-18-28-32(19-21)20-25(33)29(2)15-10-8-13-23-27(35)30(3)16-9-5-11-17-36-24-14-7-6-12-22(24)26(34)31(23)4/h6-7,12,14,18-19,23H,5,8-11,13,15-17,20H2,1-4H3/t23-/m0/s1. The highest BCUT2D eigenvalue weighted by atomic mass is 16.5. The fourth-order valence-corrected chi connectivity index (χ4v) is 4.38. The molecule has 0 N–H and O–H groups in total. The van der Waals surface area contributed by atoms with Crippen molar-refractivity contribution < 1.29 is 19.1 Å². The third-order valence-corrected chi connectivity index (χ3v) is 6.67. The number of likely N-dealkylation sites (N-methyl/N-ethyl adjacent to an activating group) is 3. The first kappa shape index (κ1) is 27.2. The van der Waals surface area contributed by atoms with Crippen LogP contribution in [0, 0.1) is 6.92 Å². The van der Waals surface area contributed by atoms with Gasteiger partial charge in [0.05, 0.1) is 18.4 Å². The molecule has 1 aromatic carbocycles. The first-order valence-corrected chi connectivity index (χ1v) is 12.7. The molecule has 1 aliphatic heterocycles. The minimum Gasteiger partial charge on any atom is -0.493 e. The molecule has 3 rings (SSSR count). The number of hydrogen-bond donors (Lipinski definition) is 0. The highest BCUT2D eigenvalue weighted by molar-refractivity contribution is 5.99. The second-order valence-corrected chi connectivity index (χ2v) is 9.62. The summed E-state index contributed by atoms with van der Waals surface area (Å²) in [7, 11) is 5.28. The zero-order chi connectivity index (χ0) is 26.1. The Balaban J connectivity index is 1.64. The van der Waals surface area contributed by atoms with Gasteiger partial charge in [0.15, 0.2) is 0 Å². The van der Waals surface area contributed by atoms with Gasteiger partial charge in [0, 0.05) is 40.4 Å². The van der Waals surface area contributed by atoms with E-state index < -0.39 is 6.04 Å². The molecule has 2 aromatic rings. The van der Waals surface area contributed by atoms with Crippen LogP contribution in [-0.4, -0.2) is 89.1 Å². The summed E-state index contributed by atoms with van der Waals surface area (Å²) in [6.45, 7) is 3.91. The minimum atomic E-state index is -0.579. The van der Waals surface area contributed by atoms with Crippen LogP contribution in [-0.2, 0) is 16.1 Å². The summed E-state index contributed by atoms with van der Waals surface area (Å²) in [6.07, 6.45) is 8.25. The maximum absolute atomic E-state index is 13.4. The summed E-state index contributed by atoms with van der Waals surface area (Å²) in [5, 5.41) is 4.17. The van der Waals surface area contributed by atoms with Crippen molar-refractivity contribution in [3.63, 3.8) is 0 Å². The Morgan fingerprint density at radius 3 is 2.67 bits per heavy atom. The number of amides is 3. The lowest BCUT2D eigenvalue weighted by Crippen LogP contribution is -2.48. The molecule has 2 heterocycles. The van der Waals surface area contributed by atoms with E-state index in [0.717, 1.165) is 31.2 Å². The molecule has 0 spiro atoms. The van der Waals surface area contributed by atoms with Gasteiger partial charge in [-0.05, 0) is 63.1 Å². The van der Waals surface area contributed by atoms with Crippen molar-refractivity contribution in [2.75, 3.05) is 40.8 Å². The Morgan fingerprint density at radius 2 is 1.92 bits per heavy atom. The first-order valence-electron chi connectivity index (χ1n) is 12.7. The molecule has 3 amide bonds. The minimum absolute atomic E-state index is 0.0140. The maximum Gasteiger partial charge on any atom is 0.258 e. The van der Waals surface area contributed by atoms with Crippen LogP contribution in [0.2, 0.25) is 0 Å². The van der Waals surface area contributed by atoms with Crippen molar-refractivity contribution in [3.8, 4) is 5.75 Å². The smallest absolute Gasteiger partial charge is 0.258 e. The molecule has 0 saturated carbocycles. The number of benzene rings is 1. The van der Waals surface area contributed by atoms with Crippen LogP contribution in [0.1, 0.15) is 54.4 Å². The predicted octanol–water partition coefficient (Wildman–Crippen LogP) is 2.98. The fraction of sp³-hybridized carbons (Fsp3) is 0.556. The number of unbranched alkanes of at least 4 members (excludes halogenated alkanes) is 1. The Morgan fingerprint density at radius 1 is 1.14 bits per heavy atom. The Hall–Kier alpha value is -3.36. The van der Waals surface area contributed by atoms with E-state index in [-0.39, 0.29) is 24.3 Å². The van der Waals surface area contributed by atoms with E-state index in [2.05, 4.69) is 5.10 Å². The third kappa shape index (κ3) is 7.32. The molecule has 1 atom stereocenters. The van der Waals surface area contributed by atoms with Crippen LogP contribution in [0.15, 0.2) is 36.7 Å². The molecule has 9 nitrogen and oxygen atoms in total. The van der Waals surface area contributed by atoms with Gasteiger partial charge >= 0.3 is 0 Å². The molecule has 9 heteroatoms. The number of rotatable bonds is 7. The van der Waals surface area contributed by atoms with Gasteiger partial charge in [0.2, 0.25) is 11.8 Å². The number of para-hydroxylation sites is 1. The summed E-state index contributed by atoms with van der Waals surface area (Å²) in [5.41, 5.74) is 1.49. The number of hydrogen-bond acceptors (Lipinski definition) is 5. The van der Waals surface area contributed by atoms with Crippen molar-refractivity contribution in [1.82, 2.24) is 24.5 Å². The largest absolute Gasteiger partial charge is 0.493 e. The molecular formula is C27H39N5O4. The SMILES string of the molecule is Cc1cnn(CC(=O)N(C)CCCC[C@H]2C(=O)N(C)CCCCCOc3ccccc3C(=O)N2C)c1. The number of carbonyl (C=O) groups is 3. The number of ether oxygens (including phenoxy) is 1. The molecule has 0 radical (unpaired) electrons. The molecule has 0 unspecified atom stereocenters. The van der Waals surface area contributed by atoms with Gasteiger partial charge in [-0.2, -0.15) is 5.10 Å². The molecule has 0 saturated heterocycles. The van der Waals surface area contributed by atoms with Crippen molar-refractivity contribution in [2.45, 2.75) is 58.0 Å². The van der Waals surface area contributed by atoms with Crippen LogP contribution in [0.3, 0.4) is 0 Å². The summed E-state index contributed by atoms with van der Waals surface area (Å²) in [6, 6.07) is 6.64. The van der Waals surface area contributed by atoms with Gasteiger partial charge in [0.1, 0.15) is 18.3 Å². The van der Waals surface area contributed by atoms with E-state index in [1.54, 1.807) is 58.9 Å². The number of aromatic nitrogens is 2. The van der Waals surface area contributed by atoms with E-state index >= 15 is 0 Å². The van der Waals surface area contributed by atoms with Gasteiger partial charge in [-0.3, -0.25) is 19.1 Å². The zero-order valence-electron chi connectivity index (χ0n) is 22.0. The number of aryl methyl sites for hydroxylation is 1. The molecule has 0 bridgehead atoms. The molecule has 0 fully saturated rings. The number of carbonyl (C=O) groups excluding carboxylic acids is 3. The van der Waals surface area contributed by atoms with Crippen LogP contribution in [0.4, 0.5) is 0 Å². The molecule has 36 heavy (non-hydrogen) atoms. The normalized spacial score (nSPS) is 17.5. The lowest BCUT2D eigenvalue weighted by molar-refractivity contribution is -0.135. The topological polar surface area (TPSA) is 88.0 Å². The van der Waals surface area contributed by atoms with E-state index in [4.69, 9.17) is 4.74 Å². The third-order valence-electron chi connectivity index (χ3n) is 6.67. The summed E-state index contributed by atoms with van der Waals surface area (Å²) < 4.78 is 7.55. The van der Waals surface area contributed by atoms with Gasteiger partial charge in [-0.15, -0.1) is 0 Å². The van der Waals surface area contributed by atoms with E-state index in [9.17, 15) is 14.4 Å². The lowest BCUT2D eigenvalue weighted by Gasteiger charge is -2.31. The molecule has 196 valence electrons. The molecule has 1 aliphatic rings. The average molecular weight is 498 g/mol. The second-order valence-electron chi connectivity index (χ2n) is 9.62. The van der Waals surface area contributed by atoms with E-state index in [1.807, 2.05) is 25.3 Å². The quantitative estimate of drug-likeness (QED) is 0.549. The Bertz CT molecular complexity index is 1040. The van der Waals surface area contributed by atoms with E-state index in [0.29, 0.717) is 43.9 Å². The van der Waals surface area contributed by atoms with Crippen molar-refractivity contribution in [1.29, 1.82) is 0 Å².